The molecule has 0 bridgehead atoms. The van der Waals surface area contributed by atoms with Crippen LogP contribution in [0.1, 0.15) is 11.3 Å². The van der Waals surface area contributed by atoms with Gasteiger partial charge in [-0.05, 0) is 36.8 Å². The number of benzene rings is 2. The van der Waals surface area contributed by atoms with E-state index in [1.807, 2.05) is 18.2 Å². The molecule has 0 saturated carbocycles. The summed E-state index contributed by atoms with van der Waals surface area (Å²) in [5.41, 5.74) is 1.88. The number of carbonyl (C=O) groups excluding carboxylic acids is 1. The van der Waals surface area contributed by atoms with E-state index in [4.69, 9.17) is 19.3 Å². The minimum Gasteiger partial charge on any atom is -0.493 e. The number of hydrogen-bond donors (Lipinski definition) is 4. The van der Waals surface area contributed by atoms with Gasteiger partial charge in [-0.1, -0.05) is 6.07 Å². The molecule has 1 aliphatic heterocycles. The third kappa shape index (κ3) is 9.90. The van der Waals surface area contributed by atoms with E-state index in [1.165, 1.54) is 29.5 Å². The number of amides is 1. The quantitative estimate of drug-likeness (QED) is 0.105. The van der Waals surface area contributed by atoms with Gasteiger partial charge in [0.2, 0.25) is 5.91 Å². The van der Waals surface area contributed by atoms with Gasteiger partial charge in [0.05, 0.1) is 37.9 Å². The van der Waals surface area contributed by atoms with Crippen LogP contribution in [0.4, 0.5) is 20.9 Å². The normalized spacial score (nSPS) is 14.3. The fraction of sp³-hybridized carbons (Fsp3) is 0.367. The van der Waals surface area contributed by atoms with Gasteiger partial charge in [-0.2, -0.15) is 0 Å². The second-order valence-electron chi connectivity index (χ2n) is 10.6. The Bertz CT molecular complexity index is 1680. The Labute approximate surface area is 269 Å². The summed E-state index contributed by atoms with van der Waals surface area (Å²) in [5.74, 6) is 0.483. The van der Waals surface area contributed by atoms with Gasteiger partial charge in [-0.25, -0.2) is 13.9 Å². The second kappa shape index (κ2) is 15.7. The molecule has 3 heterocycles. The molecule has 0 radical (unpaired) electrons. The molecule has 2 aromatic heterocycles. The number of phosphoric ester groups is 1. The minimum atomic E-state index is -4.43. The van der Waals surface area contributed by atoms with Crippen LogP contribution in [0.25, 0.3) is 10.9 Å². The number of nitrogens with zero attached hydrogens (tertiary/aromatic N) is 4. The van der Waals surface area contributed by atoms with E-state index in [2.05, 4.69) is 34.9 Å². The van der Waals surface area contributed by atoms with E-state index in [1.54, 1.807) is 25.6 Å². The molecule has 2 aromatic carbocycles. The third-order valence-electron chi connectivity index (χ3n) is 7.27. The van der Waals surface area contributed by atoms with E-state index in [0.717, 1.165) is 55.1 Å². The molecule has 1 aliphatic rings. The lowest BCUT2D eigenvalue weighted by atomic mass is 10.1. The van der Waals surface area contributed by atoms with Crippen molar-refractivity contribution in [1.29, 1.82) is 0 Å². The molecular weight excluding hydrogens is 638 g/mol. The van der Waals surface area contributed by atoms with Gasteiger partial charge < -0.3 is 34.8 Å². The van der Waals surface area contributed by atoms with Gasteiger partial charge >= 0.3 is 7.82 Å². The third-order valence-corrected chi connectivity index (χ3v) is 8.71. The maximum absolute atomic E-state index is 13.4. The van der Waals surface area contributed by atoms with Gasteiger partial charge in [0.15, 0.2) is 16.6 Å². The predicted molar refractivity (Wildman–Crippen MR) is 173 cm³/mol. The number of carbonyl (C=O) groups is 1. The number of anilines is 3. The van der Waals surface area contributed by atoms with Crippen molar-refractivity contribution in [3.8, 4) is 11.5 Å². The molecule has 1 amide bonds. The fourth-order valence-electron chi connectivity index (χ4n) is 5.02. The summed E-state index contributed by atoms with van der Waals surface area (Å²) in [5, 5.41) is 7.44. The van der Waals surface area contributed by atoms with Gasteiger partial charge in [-0.15, -0.1) is 11.3 Å². The first-order valence-electron chi connectivity index (χ1n) is 14.7. The molecule has 0 aliphatic carbocycles. The number of methoxy groups -OCH3 is 1. The van der Waals surface area contributed by atoms with Crippen molar-refractivity contribution < 1.29 is 37.5 Å². The van der Waals surface area contributed by atoms with Crippen molar-refractivity contribution in [2.45, 2.75) is 12.8 Å². The van der Waals surface area contributed by atoms with Gasteiger partial charge in [0.25, 0.3) is 0 Å². The maximum atomic E-state index is 13.4. The molecule has 16 heteroatoms. The van der Waals surface area contributed by atoms with E-state index in [9.17, 15) is 13.8 Å². The van der Waals surface area contributed by atoms with Crippen molar-refractivity contribution in [1.82, 2.24) is 19.8 Å². The summed E-state index contributed by atoms with van der Waals surface area (Å²) in [7, 11) is -2.84. The number of thiazole rings is 1. The first-order chi connectivity index (χ1) is 22.1. The predicted octanol–water partition coefficient (Wildman–Crippen LogP) is 4.26. The zero-order valence-corrected chi connectivity index (χ0v) is 26.9. The Hall–Kier alpha value is -3.69. The molecule has 1 fully saturated rings. The smallest absolute Gasteiger partial charge is 0.469 e. The number of rotatable bonds is 15. The standard InChI is InChI=1S/C30H36FN6O7PS/c1-42-27-18-24-25(35-30-33-20-23(46-30)17-29(38)34-22-5-2-4-21(31)16-22)6-7-32-26(24)19-28(27)43-14-3-8-36-9-11-37(12-10-36)13-15-44-45(39,40)41/h2,4-7,16,18-20H,3,8-15,17H2,1H3,(H,34,38)(H,32,33,35)(H2,39,40,41). The molecule has 13 nitrogen and oxygen atoms in total. The maximum Gasteiger partial charge on any atom is 0.469 e. The molecular formula is C30H36FN6O7PS. The zero-order valence-electron chi connectivity index (χ0n) is 25.2. The van der Waals surface area contributed by atoms with E-state index >= 15 is 0 Å². The first-order valence-corrected chi connectivity index (χ1v) is 17.0. The van der Waals surface area contributed by atoms with Crippen LogP contribution in [0.2, 0.25) is 0 Å². The molecule has 5 rings (SSSR count). The SMILES string of the molecule is COc1cc2c(Nc3ncc(CC(=O)Nc4cccc(F)c4)s3)ccnc2cc1OCCCN1CCN(CCOP(=O)(O)O)CC1. The number of fused-ring (bicyclic) bond motifs is 1. The highest BCUT2D eigenvalue weighted by Gasteiger charge is 2.19. The Morgan fingerprint density at radius 1 is 1.04 bits per heavy atom. The molecule has 4 aromatic rings. The summed E-state index contributed by atoms with van der Waals surface area (Å²) in [6.07, 6.45) is 4.25. The minimum absolute atomic E-state index is 0.00444. The summed E-state index contributed by atoms with van der Waals surface area (Å²) >= 11 is 1.35. The van der Waals surface area contributed by atoms with Crippen LogP contribution in [0, 0.1) is 5.82 Å². The van der Waals surface area contributed by atoms with Crippen LogP contribution in [0.5, 0.6) is 11.5 Å². The number of phosphoric acid groups is 1. The fourth-order valence-corrected chi connectivity index (χ4v) is 6.17. The topological polar surface area (TPSA) is 159 Å². The average Bonchev–Trinajstić information content (AvgIpc) is 3.45. The molecule has 46 heavy (non-hydrogen) atoms. The number of ether oxygens (including phenoxy) is 2. The van der Waals surface area contributed by atoms with Crippen LogP contribution in [0.15, 0.2) is 54.9 Å². The molecule has 0 atom stereocenters. The number of aromatic nitrogens is 2. The number of piperazine rings is 1. The van der Waals surface area contributed by atoms with Gasteiger partial charge in [0, 0.05) is 73.7 Å². The number of nitrogens with one attached hydrogen (secondary N) is 2. The Morgan fingerprint density at radius 2 is 1.83 bits per heavy atom. The van der Waals surface area contributed by atoms with Crippen LogP contribution in [-0.2, 0) is 20.3 Å². The van der Waals surface area contributed by atoms with Crippen LogP contribution < -0.4 is 20.1 Å². The van der Waals surface area contributed by atoms with Crippen LogP contribution in [-0.4, -0.2) is 95.1 Å². The monoisotopic (exact) mass is 674 g/mol. The average molecular weight is 675 g/mol. The Balaban J connectivity index is 1.11. The number of hydrogen-bond acceptors (Lipinski definition) is 11. The van der Waals surface area contributed by atoms with Crippen molar-refractivity contribution >= 4 is 52.5 Å². The molecule has 4 N–H and O–H groups in total. The molecule has 0 spiro atoms. The number of pyridine rings is 1. The molecule has 246 valence electrons. The highest BCUT2D eigenvalue weighted by molar-refractivity contribution is 7.46. The highest BCUT2D eigenvalue weighted by Crippen LogP contribution is 2.37. The van der Waals surface area contributed by atoms with Crippen molar-refractivity contribution in [3.05, 3.63) is 65.6 Å². The van der Waals surface area contributed by atoms with E-state index < -0.39 is 13.6 Å². The lowest BCUT2D eigenvalue weighted by molar-refractivity contribution is -0.115. The van der Waals surface area contributed by atoms with Gasteiger partial charge in [0.1, 0.15) is 5.82 Å². The summed E-state index contributed by atoms with van der Waals surface area (Å²) < 4.78 is 40.5. The largest absolute Gasteiger partial charge is 0.493 e. The summed E-state index contributed by atoms with van der Waals surface area (Å²) in [4.78, 5) is 44.2. The lowest BCUT2D eigenvalue weighted by Crippen LogP contribution is -2.47. The van der Waals surface area contributed by atoms with Crippen molar-refractivity contribution in [2.75, 3.05) is 70.2 Å². The van der Waals surface area contributed by atoms with Gasteiger partial charge in [-0.3, -0.25) is 19.2 Å². The second-order valence-corrected chi connectivity index (χ2v) is 12.9. The van der Waals surface area contributed by atoms with E-state index in [-0.39, 0.29) is 18.9 Å². The van der Waals surface area contributed by atoms with Crippen molar-refractivity contribution in [3.63, 3.8) is 0 Å². The molecule has 0 unspecified atom stereocenters. The Kier molecular flexibility index (Phi) is 11.5. The summed E-state index contributed by atoms with van der Waals surface area (Å²) in [6.45, 7) is 5.17. The number of halogens is 1. The van der Waals surface area contributed by atoms with Crippen LogP contribution in [0.3, 0.4) is 0 Å². The molecule has 1 saturated heterocycles. The zero-order chi connectivity index (χ0) is 32.5. The first kappa shape index (κ1) is 33.7. The van der Waals surface area contributed by atoms with Crippen LogP contribution >= 0.6 is 19.2 Å². The van der Waals surface area contributed by atoms with Crippen molar-refractivity contribution in [2.24, 2.45) is 0 Å². The van der Waals surface area contributed by atoms with E-state index in [0.29, 0.717) is 41.0 Å². The highest BCUT2D eigenvalue weighted by atomic mass is 32.1. The Morgan fingerprint density at radius 3 is 2.57 bits per heavy atom. The summed E-state index contributed by atoms with van der Waals surface area (Å²) in [6, 6.07) is 11.3. The lowest BCUT2D eigenvalue weighted by Gasteiger charge is -2.34.